The number of ether oxygens (including phenoxy) is 1. The van der Waals surface area contributed by atoms with Crippen molar-refractivity contribution in [1.29, 1.82) is 0 Å². The molecule has 9 heteroatoms. The van der Waals surface area contributed by atoms with Gasteiger partial charge in [0.2, 0.25) is 15.9 Å². The number of rotatable bonds is 5. The van der Waals surface area contributed by atoms with Crippen LogP contribution in [-0.4, -0.2) is 56.7 Å². The Morgan fingerprint density at radius 1 is 1.26 bits per heavy atom. The lowest BCUT2D eigenvalue weighted by Crippen LogP contribution is -2.53. The van der Waals surface area contributed by atoms with E-state index < -0.39 is 16.1 Å². The molecule has 23 heavy (non-hydrogen) atoms. The van der Waals surface area contributed by atoms with Crippen LogP contribution in [-0.2, 0) is 19.6 Å². The van der Waals surface area contributed by atoms with E-state index in [-0.39, 0.29) is 28.2 Å². The Hall–Kier alpha value is -1.45. The monoisotopic (exact) mass is 345 g/mol. The summed E-state index contributed by atoms with van der Waals surface area (Å²) in [5.74, 6) is -0.226. The molecule has 8 nitrogen and oxygen atoms in total. The van der Waals surface area contributed by atoms with Gasteiger partial charge in [0.05, 0.1) is 13.2 Å². The third-order valence-electron chi connectivity index (χ3n) is 3.77. The molecule has 0 saturated carbocycles. The van der Waals surface area contributed by atoms with Gasteiger partial charge in [0.1, 0.15) is 16.6 Å². The van der Waals surface area contributed by atoms with E-state index in [1.807, 2.05) is 0 Å². The lowest BCUT2D eigenvalue weighted by atomic mass is 10.0. The van der Waals surface area contributed by atoms with Gasteiger partial charge in [-0.25, -0.2) is 8.42 Å². The average molecular weight is 345 g/mol. The van der Waals surface area contributed by atoms with Crippen molar-refractivity contribution >= 4 is 15.9 Å². The topological polar surface area (TPSA) is 102 Å². The molecular weight excluding hydrogens is 322 g/mol. The van der Waals surface area contributed by atoms with E-state index in [0.717, 1.165) is 0 Å². The number of nitrogens with zero attached hydrogens (tertiary/aromatic N) is 2. The quantitative estimate of drug-likeness (QED) is 0.831. The van der Waals surface area contributed by atoms with E-state index in [0.29, 0.717) is 26.3 Å². The Labute approximate surface area is 136 Å². The summed E-state index contributed by atoms with van der Waals surface area (Å²) in [5, 5.41) is 3.66. The van der Waals surface area contributed by atoms with Gasteiger partial charge in [-0.2, -0.15) is 4.72 Å². The van der Waals surface area contributed by atoms with Crippen molar-refractivity contribution in [2.45, 2.75) is 38.6 Å². The second-order valence-corrected chi connectivity index (χ2v) is 7.58. The van der Waals surface area contributed by atoms with E-state index in [1.54, 1.807) is 25.7 Å². The lowest BCUT2D eigenvalue weighted by Gasteiger charge is -2.32. The largest absolute Gasteiger partial charge is 0.378 e. The first-order valence-electron chi connectivity index (χ1n) is 7.55. The zero-order valence-electron chi connectivity index (χ0n) is 13.8. The number of hydrogen-bond acceptors (Lipinski definition) is 6. The molecule has 2 rings (SSSR count). The number of amides is 1. The van der Waals surface area contributed by atoms with Crippen LogP contribution < -0.4 is 4.72 Å². The molecule has 1 atom stereocenters. The van der Waals surface area contributed by atoms with Gasteiger partial charge in [-0.15, -0.1) is 0 Å². The number of nitrogens with one attached hydrogen (secondary N) is 1. The molecule has 1 aliphatic rings. The molecule has 0 aromatic carbocycles. The van der Waals surface area contributed by atoms with E-state index >= 15 is 0 Å². The molecular formula is C14H23N3O5S. The normalized spacial score (nSPS) is 17.5. The van der Waals surface area contributed by atoms with Crippen LogP contribution in [0.3, 0.4) is 0 Å². The van der Waals surface area contributed by atoms with Gasteiger partial charge in [-0.05, 0) is 19.8 Å². The number of aryl methyl sites for hydroxylation is 2. The maximum atomic E-state index is 12.7. The minimum atomic E-state index is -3.89. The minimum Gasteiger partial charge on any atom is -0.378 e. The molecule has 130 valence electrons. The average Bonchev–Trinajstić information content (AvgIpc) is 2.84. The Morgan fingerprint density at radius 2 is 1.87 bits per heavy atom. The van der Waals surface area contributed by atoms with Gasteiger partial charge in [0.15, 0.2) is 5.76 Å². The number of hydrogen-bond donors (Lipinski definition) is 1. The number of aromatic nitrogens is 1. The van der Waals surface area contributed by atoms with E-state index in [2.05, 4.69) is 9.88 Å². The number of carbonyl (C=O) groups is 1. The highest BCUT2D eigenvalue weighted by molar-refractivity contribution is 7.89. The van der Waals surface area contributed by atoms with Gasteiger partial charge in [-0.3, -0.25) is 4.79 Å². The van der Waals surface area contributed by atoms with Crippen LogP contribution in [0.2, 0.25) is 0 Å². The maximum absolute atomic E-state index is 12.7. The van der Waals surface area contributed by atoms with Crippen LogP contribution in [0.1, 0.15) is 25.3 Å². The summed E-state index contributed by atoms with van der Waals surface area (Å²) in [6.07, 6.45) is 0. The third kappa shape index (κ3) is 3.91. The molecule has 0 spiro atoms. The predicted molar refractivity (Wildman–Crippen MR) is 82.3 cm³/mol. The highest BCUT2D eigenvalue weighted by atomic mass is 32.2. The van der Waals surface area contributed by atoms with E-state index in [4.69, 9.17) is 9.26 Å². The molecule has 1 aromatic rings. The number of carbonyl (C=O) groups excluding carboxylic acids is 1. The van der Waals surface area contributed by atoms with Gasteiger partial charge in [0, 0.05) is 13.1 Å². The fourth-order valence-corrected chi connectivity index (χ4v) is 4.20. The summed E-state index contributed by atoms with van der Waals surface area (Å²) in [6, 6.07) is -0.841. The fourth-order valence-electron chi connectivity index (χ4n) is 2.54. The van der Waals surface area contributed by atoms with Gasteiger partial charge in [0.25, 0.3) is 0 Å². The lowest BCUT2D eigenvalue weighted by molar-refractivity contribution is -0.138. The zero-order valence-corrected chi connectivity index (χ0v) is 14.6. The highest BCUT2D eigenvalue weighted by Gasteiger charge is 2.34. The van der Waals surface area contributed by atoms with Crippen molar-refractivity contribution in [3.05, 3.63) is 11.5 Å². The molecule has 1 aliphatic heterocycles. The molecule has 1 saturated heterocycles. The van der Waals surface area contributed by atoms with Gasteiger partial charge < -0.3 is 14.2 Å². The fraction of sp³-hybridized carbons (Fsp3) is 0.714. The van der Waals surface area contributed by atoms with Crippen LogP contribution in [0.5, 0.6) is 0 Å². The standard InChI is InChI=1S/C14H23N3O5S/c1-9(2)12(14(18)17-5-7-21-8-6-17)16-23(19,20)13-10(3)15-22-11(13)4/h9,12,16H,5-8H2,1-4H3/t12-/m1/s1. The van der Waals surface area contributed by atoms with E-state index in [9.17, 15) is 13.2 Å². The third-order valence-corrected chi connectivity index (χ3v) is 5.46. The Morgan fingerprint density at radius 3 is 2.35 bits per heavy atom. The van der Waals surface area contributed by atoms with Crippen LogP contribution in [0, 0.1) is 19.8 Å². The molecule has 1 N–H and O–H groups in total. The molecule has 0 radical (unpaired) electrons. The van der Waals surface area contributed by atoms with Crippen molar-refractivity contribution in [2.24, 2.45) is 5.92 Å². The van der Waals surface area contributed by atoms with Crippen LogP contribution >= 0.6 is 0 Å². The van der Waals surface area contributed by atoms with Gasteiger partial charge in [-0.1, -0.05) is 19.0 Å². The summed E-state index contributed by atoms with van der Waals surface area (Å²) in [5.41, 5.74) is 0.274. The van der Waals surface area contributed by atoms with Gasteiger partial charge >= 0.3 is 0 Å². The molecule has 1 aromatic heterocycles. The maximum Gasteiger partial charge on any atom is 0.246 e. The van der Waals surface area contributed by atoms with Crippen molar-refractivity contribution < 1.29 is 22.5 Å². The molecule has 2 heterocycles. The predicted octanol–water partition coefficient (Wildman–Crippen LogP) is 0.453. The summed E-state index contributed by atoms with van der Waals surface area (Å²) in [7, 11) is -3.89. The first-order chi connectivity index (χ1) is 10.7. The summed E-state index contributed by atoms with van der Waals surface area (Å²) in [6.45, 7) is 8.56. The number of morpholine rings is 1. The SMILES string of the molecule is Cc1noc(C)c1S(=O)(=O)N[C@@H](C(=O)N1CCOCC1)C(C)C. The Balaban J connectivity index is 2.23. The van der Waals surface area contributed by atoms with E-state index in [1.165, 1.54) is 6.92 Å². The first kappa shape index (κ1) is 17.9. The van der Waals surface area contributed by atoms with Crippen molar-refractivity contribution in [1.82, 2.24) is 14.8 Å². The second kappa shape index (κ2) is 6.98. The van der Waals surface area contributed by atoms with Crippen LogP contribution in [0.15, 0.2) is 9.42 Å². The van der Waals surface area contributed by atoms with Crippen LogP contribution in [0.25, 0.3) is 0 Å². The molecule has 0 unspecified atom stereocenters. The molecule has 1 fully saturated rings. The first-order valence-corrected chi connectivity index (χ1v) is 9.04. The summed E-state index contributed by atoms with van der Waals surface area (Å²) < 4.78 is 37.9. The second-order valence-electron chi connectivity index (χ2n) is 5.93. The molecule has 0 bridgehead atoms. The molecule has 0 aliphatic carbocycles. The smallest absolute Gasteiger partial charge is 0.246 e. The van der Waals surface area contributed by atoms with Crippen LogP contribution in [0.4, 0.5) is 0 Å². The summed E-state index contributed by atoms with van der Waals surface area (Å²) in [4.78, 5) is 14.3. The van der Waals surface area contributed by atoms with Crippen molar-refractivity contribution in [3.63, 3.8) is 0 Å². The minimum absolute atomic E-state index is 0.00192. The zero-order chi connectivity index (χ0) is 17.2. The molecule has 1 amide bonds. The Kier molecular flexibility index (Phi) is 5.43. The highest BCUT2D eigenvalue weighted by Crippen LogP contribution is 2.20. The summed E-state index contributed by atoms with van der Waals surface area (Å²) >= 11 is 0. The van der Waals surface area contributed by atoms with Crippen molar-refractivity contribution in [3.8, 4) is 0 Å². The van der Waals surface area contributed by atoms with Crippen molar-refractivity contribution in [2.75, 3.05) is 26.3 Å². The Bertz CT molecular complexity index is 642. The number of sulfonamides is 1.